The van der Waals surface area contributed by atoms with E-state index >= 15 is 0 Å². The number of benzene rings is 2. The maximum absolute atomic E-state index is 12.5. The van der Waals surface area contributed by atoms with Crippen LogP contribution in [0.15, 0.2) is 54.6 Å². The standard InChI is InChI=1S/C19H23NO3/c1-15-9-7-8-12-17(15)23-14-13-20(2)19(21)18(22-3)16-10-5-4-6-11-16/h4-12,18H,13-14H2,1-3H3. The first-order valence-corrected chi connectivity index (χ1v) is 7.64. The van der Waals surface area contributed by atoms with Gasteiger partial charge in [-0.25, -0.2) is 0 Å². The summed E-state index contributed by atoms with van der Waals surface area (Å²) < 4.78 is 11.1. The Morgan fingerprint density at radius 1 is 1.09 bits per heavy atom. The quantitative estimate of drug-likeness (QED) is 0.788. The fourth-order valence-electron chi connectivity index (χ4n) is 2.33. The highest BCUT2D eigenvalue weighted by atomic mass is 16.5. The number of likely N-dealkylation sites (N-methyl/N-ethyl adjacent to an activating group) is 1. The van der Waals surface area contributed by atoms with Crippen molar-refractivity contribution in [2.45, 2.75) is 13.0 Å². The number of carbonyl (C=O) groups excluding carboxylic acids is 1. The second-order valence-electron chi connectivity index (χ2n) is 5.40. The van der Waals surface area contributed by atoms with E-state index in [1.165, 1.54) is 0 Å². The van der Waals surface area contributed by atoms with Gasteiger partial charge in [0.25, 0.3) is 5.91 Å². The number of hydrogen-bond donors (Lipinski definition) is 0. The van der Waals surface area contributed by atoms with Gasteiger partial charge >= 0.3 is 0 Å². The van der Waals surface area contributed by atoms with Gasteiger partial charge in [-0.1, -0.05) is 48.5 Å². The smallest absolute Gasteiger partial charge is 0.256 e. The third-order valence-corrected chi connectivity index (χ3v) is 3.72. The molecule has 2 rings (SSSR count). The van der Waals surface area contributed by atoms with E-state index in [1.54, 1.807) is 19.1 Å². The van der Waals surface area contributed by atoms with Gasteiger partial charge in [-0.2, -0.15) is 0 Å². The van der Waals surface area contributed by atoms with Crippen LogP contribution >= 0.6 is 0 Å². The molecule has 0 radical (unpaired) electrons. The maximum Gasteiger partial charge on any atom is 0.256 e. The molecule has 1 unspecified atom stereocenters. The van der Waals surface area contributed by atoms with Gasteiger partial charge in [0.1, 0.15) is 12.4 Å². The molecule has 1 atom stereocenters. The lowest BCUT2D eigenvalue weighted by Gasteiger charge is -2.23. The zero-order valence-electron chi connectivity index (χ0n) is 13.9. The van der Waals surface area contributed by atoms with Crippen molar-refractivity contribution in [3.8, 4) is 5.75 Å². The van der Waals surface area contributed by atoms with Crippen LogP contribution in [0.2, 0.25) is 0 Å². The second-order valence-corrected chi connectivity index (χ2v) is 5.40. The summed E-state index contributed by atoms with van der Waals surface area (Å²) >= 11 is 0. The Bertz CT molecular complexity index is 628. The summed E-state index contributed by atoms with van der Waals surface area (Å²) in [5.41, 5.74) is 1.94. The fraction of sp³-hybridized carbons (Fsp3) is 0.316. The molecular weight excluding hydrogens is 290 g/mol. The van der Waals surface area contributed by atoms with Crippen molar-refractivity contribution in [2.24, 2.45) is 0 Å². The van der Waals surface area contributed by atoms with Gasteiger partial charge in [0, 0.05) is 14.2 Å². The predicted octanol–water partition coefficient (Wildman–Crippen LogP) is 3.22. The zero-order valence-corrected chi connectivity index (χ0v) is 13.9. The Morgan fingerprint density at radius 3 is 2.39 bits per heavy atom. The number of hydrogen-bond acceptors (Lipinski definition) is 3. The Labute approximate surface area is 137 Å². The van der Waals surface area contributed by atoms with Gasteiger partial charge in [-0.3, -0.25) is 4.79 Å². The minimum atomic E-state index is -0.584. The van der Waals surface area contributed by atoms with Crippen molar-refractivity contribution in [1.82, 2.24) is 4.90 Å². The lowest BCUT2D eigenvalue weighted by molar-refractivity contribution is -0.141. The third-order valence-electron chi connectivity index (χ3n) is 3.72. The van der Waals surface area contributed by atoms with Crippen molar-refractivity contribution in [3.05, 3.63) is 65.7 Å². The molecule has 4 heteroatoms. The summed E-state index contributed by atoms with van der Waals surface area (Å²) in [5, 5.41) is 0. The lowest BCUT2D eigenvalue weighted by atomic mass is 10.1. The summed E-state index contributed by atoms with van der Waals surface area (Å²) in [6.45, 7) is 2.94. The third kappa shape index (κ3) is 4.57. The molecule has 0 bridgehead atoms. The van der Waals surface area contributed by atoms with Crippen molar-refractivity contribution in [3.63, 3.8) is 0 Å². The monoisotopic (exact) mass is 313 g/mol. The molecule has 0 aliphatic rings. The average molecular weight is 313 g/mol. The molecule has 0 spiro atoms. The predicted molar refractivity (Wildman–Crippen MR) is 90.5 cm³/mol. The van der Waals surface area contributed by atoms with E-state index in [0.717, 1.165) is 16.9 Å². The van der Waals surface area contributed by atoms with Gasteiger partial charge in [-0.05, 0) is 24.1 Å². The Morgan fingerprint density at radius 2 is 1.74 bits per heavy atom. The number of nitrogens with zero attached hydrogens (tertiary/aromatic N) is 1. The van der Waals surface area contributed by atoms with E-state index in [-0.39, 0.29) is 5.91 Å². The van der Waals surface area contributed by atoms with Crippen LogP contribution in [0.3, 0.4) is 0 Å². The van der Waals surface area contributed by atoms with Crippen molar-refractivity contribution in [1.29, 1.82) is 0 Å². The van der Waals surface area contributed by atoms with Crippen LogP contribution in [0.1, 0.15) is 17.2 Å². The van der Waals surface area contributed by atoms with Crippen LogP contribution < -0.4 is 4.74 Å². The van der Waals surface area contributed by atoms with E-state index in [1.807, 2.05) is 61.5 Å². The lowest BCUT2D eigenvalue weighted by Crippen LogP contribution is -2.35. The first kappa shape index (κ1) is 17.0. The normalized spacial score (nSPS) is 11.8. The van der Waals surface area contributed by atoms with Crippen LogP contribution in [0.25, 0.3) is 0 Å². The molecule has 0 fully saturated rings. The first-order chi connectivity index (χ1) is 11.1. The summed E-state index contributed by atoms with van der Waals surface area (Å²) in [4.78, 5) is 14.2. The van der Waals surface area contributed by atoms with Crippen LogP contribution in [-0.2, 0) is 9.53 Å². The molecule has 0 N–H and O–H groups in total. The number of ether oxygens (including phenoxy) is 2. The Balaban J connectivity index is 1.90. The molecular formula is C19H23NO3. The molecule has 0 aliphatic carbocycles. The summed E-state index contributed by atoms with van der Waals surface area (Å²) in [7, 11) is 3.31. The molecule has 0 aliphatic heterocycles. The van der Waals surface area contributed by atoms with Crippen LogP contribution in [-0.4, -0.2) is 38.1 Å². The fourth-order valence-corrected chi connectivity index (χ4v) is 2.33. The summed E-state index contributed by atoms with van der Waals surface area (Å²) in [6.07, 6.45) is -0.584. The molecule has 2 aromatic rings. The highest BCUT2D eigenvalue weighted by Crippen LogP contribution is 2.19. The average Bonchev–Trinajstić information content (AvgIpc) is 2.58. The number of aryl methyl sites for hydroxylation is 1. The van der Waals surface area contributed by atoms with Gasteiger partial charge in [-0.15, -0.1) is 0 Å². The van der Waals surface area contributed by atoms with E-state index in [0.29, 0.717) is 13.2 Å². The maximum atomic E-state index is 12.5. The van der Waals surface area contributed by atoms with Gasteiger partial charge in [0.15, 0.2) is 6.10 Å². The molecule has 0 heterocycles. The highest BCUT2D eigenvalue weighted by Gasteiger charge is 2.23. The van der Waals surface area contributed by atoms with Gasteiger partial charge < -0.3 is 14.4 Å². The number of methoxy groups -OCH3 is 1. The van der Waals surface area contributed by atoms with Crippen LogP contribution in [0, 0.1) is 6.92 Å². The molecule has 0 aromatic heterocycles. The van der Waals surface area contributed by atoms with Crippen LogP contribution in [0.4, 0.5) is 0 Å². The van der Waals surface area contributed by atoms with Crippen molar-refractivity contribution >= 4 is 5.91 Å². The first-order valence-electron chi connectivity index (χ1n) is 7.64. The second kappa shape index (κ2) is 8.34. The highest BCUT2D eigenvalue weighted by molar-refractivity contribution is 5.82. The molecule has 2 aromatic carbocycles. The molecule has 23 heavy (non-hydrogen) atoms. The summed E-state index contributed by atoms with van der Waals surface area (Å²) in [6, 6.07) is 17.3. The largest absolute Gasteiger partial charge is 0.491 e. The van der Waals surface area contributed by atoms with E-state index < -0.39 is 6.10 Å². The van der Waals surface area contributed by atoms with E-state index in [2.05, 4.69) is 0 Å². The molecule has 0 saturated heterocycles. The van der Waals surface area contributed by atoms with Crippen molar-refractivity contribution in [2.75, 3.05) is 27.3 Å². The van der Waals surface area contributed by atoms with Crippen LogP contribution in [0.5, 0.6) is 5.75 Å². The number of amides is 1. The topological polar surface area (TPSA) is 38.8 Å². The van der Waals surface area contributed by atoms with Gasteiger partial charge in [0.05, 0.1) is 6.54 Å². The number of rotatable bonds is 7. The number of carbonyl (C=O) groups is 1. The molecule has 0 saturated carbocycles. The van der Waals surface area contributed by atoms with Gasteiger partial charge in [0.2, 0.25) is 0 Å². The Hall–Kier alpha value is -2.33. The minimum Gasteiger partial charge on any atom is -0.491 e. The summed E-state index contributed by atoms with van der Waals surface area (Å²) in [5.74, 6) is 0.770. The molecule has 122 valence electrons. The Kier molecular flexibility index (Phi) is 6.18. The van der Waals surface area contributed by atoms with E-state index in [9.17, 15) is 4.79 Å². The number of para-hydroxylation sites is 1. The van der Waals surface area contributed by atoms with E-state index in [4.69, 9.17) is 9.47 Å². The molecule has 1 amide bonds. The molecule has 4 nitrogen and oxygen atoms in total. The zero-order chi connectivity index (χ0) is 16.7. The van der Waals surface area contributed by atoms with Crippen molar-refractivity contribution < 1.29 is 14.3 Å². The minimum absolute atomic E-state index is 0.0768. The SMILES string of the molecule is COC(C(=O)N(C)CCOc1ccccc1C)c1ccccc1.